The molecule has 0 unspecified atom stereocenters. The van der Waals surface area contributed by atoms with Gasteiger partial charge in [-0.05, 0) is 37.3 Å². The van der Waals surface area contributed by atoms with E-state index in [0.29, 0.717) is 30.3 Å². The van der Waals surface area contributed by atoms with E-state index in [1.807, 2.05) is 31.2 Å². The largest absolute Gasteiger partial charge is 0.474 e. The molecule has 0 spiro atoms. The molecule has 1 N–H and O–H groups in total. The fraction of sp³-hybridized carbons (Fsp3) is 0.211. The maximum atomic E-state index is 12.7. The molecule has 0 fully saturated rings. The number of rotatable bonds is 7. The molecule has 0 bridgehead atoms. The Kier molecular flexibility index (Phi) is 6.20. The Bertz CT molecular complexity index is 942. The molecule has 0 saturated carbocycles. The average molecular weight is 431 g/mol. The maximum Gasteiger partial charge on any atom is 0.259 e. The number of carbonyl (C=O) groups is 1. The number of anilines is 1. The second-order valence-corrected chi connectivity index (χ2v) is 6.60. The smallest absolute Gasteiger partial charge is 0.259 e. The molecule has 1 aromatic carbocycles. The maximum absolute atomic E-state index is 12.7. The van der Waals surface area contributed by atoms with Gasteiger partial charge in [-0.2, -0.15) is 5.10 Å². The minimum atomic E-state index is -0.279. The standard InChI is InChI=1S/C19H19BrN4O3/c1-13-16(12-22-24(13)15-6-3-5-14(20)11-15)18(25)23-17-7-4-8-21-19(17)27-10-9-26-2/h3-8,11-12H,9-10H2,1-2H3,(H,23,25). The monoisotopic (exact) mass is 430 g/mol. The van der Waals surface area contributed by atoms with Gasteiger partial charge in [-0.1, -0.05) is 22.0 Å². The summed E-state index contributed by atoms with van der Waals surface area (Å²) in [6.45, 7) is 2.63. The van der Waals surface area contributed by atoms with Crippen molar-refractivity contribution in [3.8, 4) is 11.6 Å². The number of nitrogens with one attached hydrogen (secondary N) is 1. The number of benzene rings is 1. The van der Waals surface area contributed by atoms with Gasteiger partial charge >= 0.3 is 0 Å². The van der Waals surface area contributed by atoms with E-state index >= 15 is 0 Å². The third-order valence-electron chi connectivity index (χ3n) is 3.85. The van der Waals surface area contributed by atoms with Crippen LogP contribution in [-0.4, -0.2) is 41.0 Å². The lowest BCUT2D eigenvalue weighted by atomic mass is 10.2. The molecule has 7 nitrogen and oxygen atoms in total. The molecule has 2 aromatic heterocycles. The van der Waals surface area contributed by atoms with E-state index in [-0.39, 0.29) is 5.91 Å². The Morgan fingerprint density at radius 2 is 2.11 bits per heavy atom. The van der Waals surface area contributed by atoms with E-state index in [4.69, 9.17) is 9.47 Å². The van der Waals surface area contributed by atoms with E-state index in [9.17, 15) is 4.79 Å². The molecule has 0 aliphatic carbocycles. The van der Waals surface area contributed by atoms with Crippen LogP contribution in [0.15, 0.2) is 53.3 Å². The molecule has 27 heavy (non-hydrogen) atoms. The zero-order chi connectivity index (χ0) is 19.2. The summed E-state index contributed by atoms with van der Waals surface area (Å²) in [5, 5.41) is 7.19. The number of hydrogen-bond acceptors (Lipinski definition) is 5. The number of hydrogen-bond donors (Lipinski definition) is 1. The second-order valence-electron chi connectivity index (χ2n) is 5.69. The van der Waals surface area contributed by atoms with Gasteiger partial charge in [0.05, 0.1) is 29.7 Å². The van der Waals surface area contributed by atoms with Crippen LogP contribution in [0.5, 0.6) is 5.88 Å². The van der Waals surface area contributed by atoms with Crippen molar-refractivity contribution in [3.63, 3.8) is 0 Å². The van der Waals surface area contributed by atoms with Crippen molar-refractivity contribution in [1.29, 1.82) is 0 Å². The molecule has 0 aliphatic rings. The quantitative estimate of drug-likeness (QED) is 0.579. The molecular formula is C19H19BrN4O3. The van der Waals surface area contributed by atoms with Gasteiger partial charge in [-0.15, -0.1) is 0 Å². The van der Waals surface area contributed by atoms with Gasteiger partial charge in [-0.3, -0.25) is 4.79 Å². The second kappa shape index (κ2) is 8.79. The van der Waals surface area contributed by atoms with Crippen molar-refractivity contribution in [3.05, 3.63) is 64.5 Å². The molecule has 8 heteroatoms. The van der Waals surface area contributed by atoms with Crippen LogP contribution in [0.4, 0.5) is 5.69 Å². The number of ether oxygens (including phenoxy) is 2. The van der Waals surface area contributed by atoms with Crippen LogP contribution in [0.3, 0.4) is 0 Å². The SMILES string of the molecule is COCCOc1ncccc1NC(=O)c1cnn(-c2cccc(Br)c2)c1C. The van der Waals surface area contributed by atoms with E-state index in [1.54, 1.807) is 36.3 Å². The van der Waals surface area contributed by atoms with E-state index in [0.717, 1.165) is 15.9 Å². The predicted molar refractivity (Wildman–Crippen MR) is 106 cm³/mol. The normalized spacial score (nSPS) is 10.6. The van der Waals surface area contributed by atoms with Crippen LogP contribution < -0.4 is 10.1 Å². The summed E-state index contributed by atoms with van der Waals surface area (Å²) in [6, 6.07) is 11.2. The van der Waals surface area contributed by atoms with Crippen LogP contribution in [-0.2, 0) is 4.74 Å². The molecule has 1 amide bonds. The van der Waals surface area contributed by atoms with Crippen LogP contribution in [0.25, 0.3) is 5.69 Å². The first-order valence-corrected chi connectivity index (χ1v) is 9.08. The number of halogens is 1. The first kappa shape index (κ1) is 19.1. The number of nitrogens with zero attached hydrogens (tertiary/aromatic N) is 3. The zero-order valence-corrected chi connectivity index (χ0v) is 16.6. The van der Waals surface area contributed by atoms with Crippen LogP contribution >= 0.6 is 15.9 Å². The van der Waals surface area contributed by atoms with Crippen LogP contribution in [0.2, 0.25) is 0 Å². The predicted octanol–water partition coefficient (Wildman–Crippen LogP) is 3.62. The Morgan fingerprint density at radius 1 is 1.26 bits per heavy atom. The summed E-state index contributed by atoms with van der Waals surface area (Å²) in [5.74, 6) is 0.0678. The van der Waals surface area contributed by atoms with Crippen molar-refractivity contribution in [2.45, 2.75) is 6.92 Å². The van der Waals surface area contributed by atoms with Gasteiger partial charge in [0, 0.05) is 17.8 Å². The van der Waals surface area contributed by atoms with Gasteiger partial charge in [0.15, 0.2) is 0 Å². The number of methoxy groups -OCH3 is 1. The Balaban J connectivity index is 1.80. The summed E-state index contributed by atoms with van der Waals surface area (Å²) in [6.07, 6.45) is 3.15. The third-order valence-corrected chi connectivity index (χ3v) is 4.35. The topological polar surface area (TPSA) is 78.3 Å². The molecule has 140 valence electrons. The fourth-order valence-corrected chi connectivity index (χ4v) is 2.90. The molecule has 3 rings (SSSR count). The Morgan fingerprint density at radius 3 is 2.89 bits per heavy atom. The van der Waals surface area contributed by atoms with Crippen molar-refractivity contribution in [2.75, 3.05) is 25.6 Å². The van der Waals surface area contributed by atoms with Gasteiger partial charge in [-0.25, -0.2) is 9.67 Å². The van der Waals surface area contributed by atoms with Crippen LogP contribution in [0.1, 0.15) is 16.1 Å². The highest BCUT2D eigenvalue weighted by Gasteiger charge is 2.17. The van der Waals surface area contributed by atoms with Crippen molar-refractivity contribution in [2.24, 2.45) is 0 Å². The van der Waals surface area contributed by atoms with Crippen LogP contribution in [0, 0.1) is 6.92 Å². The van der Waals surface area contributed by atoms with Crippen molar-refractivity contribution in [1.82, 2.24) is 14.8 Å². The number of carbonyl (C=O) groups excluding carboxylic acids is 1. The van der Waals surface area contributed by atoms with Gasteiger partial charge in [0.25, 0.3) is 5.91 Å². The van der Waals surface area contributed by atoms with Gasteiger partial charge in [0.1, 0.15) is 12.3 Å². The Hall–Kier alpha value is -2.71. The van der Waals surface area contributed by atoms with Crippen molar-refractivity contribution >= 4 is 27.5 Å². The van der Waals surface area contributed by atoms with E-state index in [1.165, 1.54) is 0 Å². The molecule has 0 atom stereocenters. The lowest BCUT2D eigenvalue weighted by Crippen LogP contribution is -2.15. The fourth-order valence-electron chi connectivity index (χ4n) is 2.51. The summed E-state index contributed by atoms with van der Waals surface area (Å²) in [7, 11) is 1.59. The zero-order valence-electron chi connectivity index (χ0n) is 15.0. The van der Waals surface area contributed by atoms with E-state index < -0.39 is 0 Å². The first-order valence-electron chi connectivity index (χ1n) is 8.29. The number of pyridine rings is 1. The summed E-state index contributed by atoms with van der Waals surface area (Å²) in [5.41, 5.74) is 2.57. The third kappa shape index (κ3) is 4.53. The minimum Gasteiger partial charge on any atom is -0.474 e. The molecule has 0 radical (unpaired) electrons. The molecule has 2 heterocycles. The Labute approximate surface area is 165 Å². The average Bonchev–Trinajstić information content (AvgIpc) is 3.05. The van der Waals surface area contributed by atoms with Gasteiger partial charge in [0.2, 0.25) is 5.88 Å². The summed E-state index contributed by atoms with van der Waals surface area (Å²) < 4.78 is 13.2. The minimum absolute atomic E-state index is 0.279. The van der Waals surface area contributed by atoms with Gasteiger partial charge < -0.3 is 14.8 Å². The number of amides is 1. The summed E-state index contributed by atoms with van der Waals surface area (Å²) in [4.78, 5) is 16.9. The molecular weight excluding hydrogens is 412 g/mol. The van der Waals surface area contributed by atoms with Crippen molar-refractivity contribution < 1.29 is 14.3 Å². The lowest BCUT2D eigenvalue weighted by molar-refractivity contribution is 0.102. The first-order chi connectivity index (χ1) is 13.1. The highest BCUT2D eigenvalue weighted by molar-refractivity contribution is 9.10. The molecule has 3 aromatic rings. The molecule has 0 aliphatic heterocycles. The van der Waals surface area contributed by atoms with E-state index in [2.05, 4.69) is 31.3 Å². The lowest BCUT2D eigenvalue weighted by Gasteiger charge is -2.11. The highest BCUT2D eigenvalue weighted by Crippen LogP contribution is 2.23. The summed E-state index contributed by atoms with van der Waals surface area (Å²) >= 11 is 3.45. The molecule has 0 saturated heterocycles. The number of aromatic nitrogens is 3. The highest BCUT2D eigenvalue weighted by atomic mass is 79.9.